The molecule has 2 aromatic rings. The number of aryl methyl sites for hydroxylation is 2. The summed E-state index contributed by atoms with van der Waals surface area (Å²) in [6, 6.07) is 6.18. The molecule has 0 aromatic carbocycles. The van der Waals surface area contributed by atoms with Crippen molar-refractivity contribution in [3.63, 3.8) is 0 Å². The van der Waals surface area contributed by atoms with Gasteiger partial charge in [0.1, 0.15) is 17.5 Å². The van der Waals surface area contributed by atoms with Crippen LogP contribution in [0.25, 0.3) is 0 Å². The molecule has 1 aliphatic heterocycles. The highest BCUT2D eigenvalue weighted by Gasteiger charge is 2.13. The maximum Gasteiger partial charge on any atom is 0.130 e. The highest BCUT2D eigenvalue weighted by Crippen LogP contribution is 2.19. The average molecular weight is 283 g/mol. The predicted octanol–water partition coefficient (Wildman–Crippen LogP) is 2.70. The first kappa shape index (κ1) is 13.8. The summed E-state index contributed by atoms with van der Waals surface area (Å²) in [6.45, 7) is 6.88. The van der Waals surface area contributed by atoms with Gasteiger partial charge in [0.25, 0.3) is 0 Å². The number of hydrogen-bond donors (Lipinski definition) is 1. The topological polar surface area (TPSA) is 53.9 Å². The van der Waals surface area contributed by atoms with Crippen LogP contribution in [-0.2, 0) is 6.54 Å². The number of nitrogens with zero attached hydrogens (tertiary/aromatic N) is 4. The summed E-state index contributed by atoms with van der Waals surface area (Å²) >= 11 is 0. The number of nitrogens with one attached hydrogen (secondary N) is 1. The molecular formula is C16H21N5. The van der Waals surface area contributed by atoms with Gasteiger partial charge in [0, 0.05) is 37.6 Å². The van der Waals surface area contributed by atoms with Crippen LogP contribution in [0.5, 0.6) is 0 Å². The fourth-order valence-electron chi connectivity index (χ4n) is 2.69. The van der Waals surface area contributed by atoms with E-state index >= 15 is 0 Å². The zero-order valence-corrected chi connectivity index (χ0v) is 12.6. The van der Waals surface area contributed by atoms with Gasteiger partial charge < -0.3 is 10.2 Å². The Balaban J connectivity index is 1.68. The van der Waals surface area contributed by atoms with E-state index in [1.165, 1.54) is 18.4 Å². The molecule has 1 aliphatic rings. The van der Waals surface area contributed by atoms with Gasteiger partial charge in [0.2, 0.25) is 0 Å². The normalized spacial score (nSPS) is 14.5. The molecule has 1 saturated heterocycles. The fourth-order valence-corrected chi connectivity index (χ4v) is 2.69. The van der Waals surface area contributed by atoms with Crippen molar-refractivity contribution in [2.45, 2.75) is 33.2 Å². The lowest BCUT2D eigenvalue weighted by Crippen LogP contribution is -2.19. The van der Waals surface area contributed by atoms with Gasteiger partial charge >= 0.3 is 0 Å². The van der Waals surface area contributed by atoms with Gasteiger partial charge in [0.05, 0.1) is 0 Å². The Hall–Kier alpha value is -2.17. The molecule has 0 spiro atoms. The Kier molecular flexibility index (Phi) is 3.99. The van der Waals surface area contributed by atoms with E-state index in [9.17, 15) is 0 Å². The molecule has 21 heavy (non-hydrogen) atoms. The van der Waals surface area contributed by atoms with E-state index in [4.69, 9.17) is 0 Å². The highest BCUT2D eigenvalue weighted by atomic mass is 15.2. The SMILES string of the molecule is Cc1cc(NCc2ccnc(N3CCCC3)c2)nc(C)n1. The molecule has 2 aromatic heterocycles. The third kappa shape index (κ3) is 3.48. The smallest absolute Gasteiger partial charge is 0.130 e. The molecule has 0 atom stereocenters. The second-order valence-electron chi connectivity index (χ2n) is 5.51. The summed E-state index contributed by atoms with van der Waals surface area (Å²) in [5.74, 6) is 2.76. The lowest BCUT2D eigenvalue weighted by atomic mass is 10.2. The molecule has 3 rings (SSSR count). The molecule has 0 unspecified atom stereocenters. The molecule has 0 bridgehead atoms. The first-order valence-electron chi connectivity index (χ1n) is 7.47. The van der Waals surface area contributed by atoms with Crippen molar-refractivity contribution in [3.8, 4) is 0 Å². The van der Waals surface area contributed by atoms with Gasteiger partial charge in [-0.1, -0.05) is 0 Å². The van der Waals surface area contributed by atoms with E-state index in [1.807, 2.05) is 32.2 Å². The first-order valence-corrected chi connectivity index (χ1v) is 7.47. The number of aromatic nitrogens is 3. The maximum atomic E-state index is 4.48. The second-order valence-corrected chi connectivity index (χ2v) is 5.51. The van der Waals surface area contributed by atoms with Crippen molar-refractivity contribution in [2.75, 3.05) is 23.3 Å². The first-order chi connectivity index (χ1) is 10.2. The minimum Gasteiger partial charge on any atom is -0.366 e. The number of hydrogen-bond acceptors (Lipinski definition) is 5. The van der Waals surface area contributed by atoms with Crippen LogP contribution in [0.15, 0.2) is 24.4 Å². The van der Waals surface area contributed by atoms with Crippen LogP contribution in [0.1, 0.15) is 29.9 Å². The van der Waals surface area contributed by atoms with Crippen molar-refractivity contribution in [3.05, 3.63) is 41.5 Å². The molecule has 110 valence electrons. The van der Waals surface area contributed by atoms with E-state index in [0.717, 1.165) is 42.8 Å². The van der Waals surface area contributed by atoms with Crippen LogP contribution in [-0.4, -0.2) is 28.0 Å². The molecule has 5 heteroatoms. The molecule has 3 heterocycles. The van der Waals surface area contributed by atoms with Crippen molar-refractivity contribution < 1.29 is 0 Å². The summed E-state index contributed by atoms with van der Waals surface area (Å²) in [4.78, 5) is 15.5. The van der Waals surface area contributed by atoms with Gasteiger partial charge in [-0.2, -0.15) is 0 Å². The van der Waals surface area contributed by atoms with Gasteiger partial charge in [-0.25, -0.2) is 15.0 Å². The van der Waals surface area contributed by atoms with Gasteiger partial charge in [-0.3, -0.25) is 0 Å². The molecule has 0 aliphatic carbocycles. The van der Waals surface area contributed by atoms with Crippen LogP contribution in [0.2, 0.25) is 0 Å². The molecule has 0 saturated carbocycles. The monoisotopic (exact) mass is 283 g/mol. The Morgan fingerprint density at radius 2 is 1.95 bits per heavy atom. The minimum atomic E-state index is 0.749. The Morgan fingerprint density at radius 3 is 2.71 bits per heavy atom. The number of pyridine rings is 1. The Bertz CT molecular complexity index is 600. The van der Waals surface area contributed by atoms with E-state index in [1.54, 1.807) is 0 Å². The Labute approximate surface area is 125 Å². The van der Waals surface area contributed by atoms with Crippen LogP contribution < -0.4 is 10.2 Å². The van der Waals surface area contributed by atoms with E-state index in [2.05, 4.69) is 31.2 Å². The third-order valence-corrected chi connectivity index (χ3v) is 3.68. The average Bonchev–Trinajstić information content (AvgIpc) is 2.99. The number of rotatable bonds is 4. The van der Waals surface area contributed by atoms with Crippen molar-refractivity contribution in [2.24, 2.45) is 0 Å². The van der Waals surface area contributed by atoms with E-state index < -0.39 is 0 Å². The lowest BCUT2D eigenvalue weighted by molar-refractivity contribution is 0.930. The minimum absolute atomic E-state index is 0.749. The second kappa shape index (κ2) is 6.08. The highest BCUT2D eigenvalue weighted by molar-refractivity contribution is 5.43. The summed E-state index contributed by atoms with van der Waals surface area (Å²) in [5, 5.41) is 3.36. The van der Waals surface area contributed by atoms with Crippen molar-refractivity contribution in [1.82, 2.24) is 15.0 Å². The number of anilines is 2. The molecule has 1 fully saturated rings. The molecule has 1 N–H and O–H groups in total. The maximum absolute atomic E-state index is 4.48. The molecule has 5 nitrogen and oxygen atoms in total. The molecule has 0 amide bonds. The van der Waals surface area contributed by atoms with Crippen molar-refractivity contribution >= 4 is 11.6 Å². The summed E-state index contributed by atoms with van der Waals surface area (Å²) in [7, 11) is 0. The fraction of sp³-hybridized carbons (Fsp3) is 0.438. The molecular weight excluding hydrogens is 262 g/mol. The van der Waals surface area contributed by atoms with Gasteiger partial charge in [0.15, 0.2) is 0 Å². The standard InChI is InChI=1S/C16H21N5/c1-12-9-15(20-13(2)19-12)18-11-14-5-6-17-16(10-14)21-7-3-4-8-21/h5-6,9-10H,3-4,7-8,11H2,1-2H3,(H,18,19,20). The lowest BCUT2D eigenvalue weighted by Gasteiger charge is -2.17. The van der Waals surface area contributed by atoms with E-state index in [0.29, 0.717) is 0 Å². The van der Waals surface area contributed by atoms with E-state index in [-0.39, 0.29) is 0 Å². The van der Waals surface area contributed by atoms with Crippen LogP contribution in [0.4, 0.5) is 11.6 Å². The predicted molar refractivity (Wildman–Crippen MR) is 84.5 cm³/mol. The third-order valence-electron chi connectivity index (χ3n) is 3.68. The largest absolute Gasteiger partial charge is 0.366 e. The van der Waals surface area contributed by atoms with Crippen LogP contribution >= 0.6 is 0 Å². The van der Waals surface area contributed by atoms with Crippen molar-refractivity contribution in [1.29, 1.82) is 0 Å². The summed E-state index contributed by atoms with van der Waals surface area (Å²) < 4.78 is 0. The van der Waals surface area contributed by atoms with Crippen LogP contribution in [0.3, 0.4) is 0 Å². The van der Waals surface area contributed by atoms with Gasteiger partial charge in [-0.15, -0.1) is 0 Å². The van der Waals surface area contributed by atoms with Gasteiger partial charge in [-0.05, 0) is 44.4 Å². The quantitative estimate of drug-likeness (QED) is 0.935. The Morgan fingerprint density at radius 1 is 1.14 bits per heavy atom. The molecule has 0 radical (unpaired) electrons. The summed E-state index contributed by atoms with van der Waals surface area (Å²) in [5.41, 5.74) is 2.21. The zero-order valence-electron chi connectivity index (χ0n) is 12.6. The summed E-state index contributed by atoms with van der Waals surface area (Å²) in [6.07, 6.45) is 4.43. The van der Waals surface area contributed by atoms with Crippen LogP contribution in [0, 0.1) is 13.8 Å². The zero-order chi connectivity index (χ0) is 14.7.